The molecule has 1 N–H and O–H groups in total. The van der Waals surface area contributed by atoms with Gasteiger partial charge in [-0.3, -0.25) is 4.90 Å². The quantitative estimate of drug-likeness (QED) is 0.944. The summed E-state index contributed by atoms with van der Waals surface area (Å²) >= 11 is 0. The van der Waals surface area contributed by atoms with E-state index in [1.165, 1.54) is 0 Å². The van der Waals surface area contributed by atoms with Crippen molar-refractivity contribution >= 4 is 12.4 Å². The van der Waals surface area contributed by atoms with Crippen LogP contribution in [0.4, 0.5) is 4.39 Å². The van der Waals surface area contributed by atoms with E-state index >= 15 is 0 Å². The van der Waals surface area contributed by atoms with Gasteiger partial charge in [-0.1, -0.05) is 17.7 Å². The van der Waals surface area contributed by atoms with Gasteiger partial charge in [-0.05, 0) is 25.1 Å². The Kier molecular flexibility index (Phi) is 5.39. The molecule has 5 heteroatoms. The fourth-order valence-corrected chi connectivity index (χ4v) is 2.79. The van der Waals surface area contributed by atoms with Crippen molar-refractivity contribution in [3.05, 3.63) is 59.3 Å². The van der Waals surface area contributed by atoms with E-state index in [4.69, 9.17) is 4.42 Å². The lowest BCUT2D eigenvalue weighted by Crippen LogP contribution is -2.45. The standard InChI is InChI=1S/C16H19FN2O.ClH/c1-12-4-5-14(17)13(11-12)16(15-3-2-10-20-15)19-8-6-18-7-9-19;/h2-5,10-11,16,18H,6-9H2,1H3;1H/t16-;/m1./s1. The van der Waals surface area contributed by atoms with Crippen molar-refractivity contribution in [1.82, 2.24) is 10.2 Å². The van der Waals surface area contributed by atoms with Crippen LogP contribution in [0.3, 0.4) is 0 Å². The van der Waals surface area contributed by atoms with Crippen molar-refractivity contribution < 1.29 is 8.81 Å². The average molecular weight is 311 g/mol. The number of benzene rings is 1. The molecule has 114 valence electrons. The molecule has 0 radical (unpaired) electrons. The van der Waals surface area contributed by atoms with Crippen molar-refractivity contribution in [3.8, 4) is 0 Å². The number of hydrogen-bond donors (Lipinski definition) is 1. The topological polar surface area (TPSA) is 28.4 Å². The Balaban J connectivity index is 0.00000161. The summed E-state index contributed by atoms with van der Waals surface area (Å²) in [5.41, 5.74) is 1.76. The fourth-order valence-electron chi connectivity index (χ4n) is 2.79. The van der Waals surface area contributed by atoms with Gasteiger partial charge in [0.2, 0.25) is 0 Å². The van der Waals surface area contributed by atoms with E-state index in [0.29, 0.717) is 5.56 Å². The van der Waals surface area contributed by atoms with E-state index in [2.05, 4.69) is 10.2 Å². The molecule has 0 aliphatic carbocycles. The van der Waals surface area contributed by atoms with Gasteiger partial charge in [0, 0.05) is 31.7 Å². The highest BCUT2D eigenvalue weighted by Gasteiger charge is 2.28. The first-order valence-electron chi connectivity index (χ1n) is 7.00. The largest absolute Gasteiger partial charge is 0.467 e. The molecule has 3 rings (SSSR count). The van der Waals surface area contributed by atoms with Crippen LogP contribution in [0.2, 0.25) is 0 Å². The van der Waals surface area contributed by atoms with Crippen molar-refractivity contribution in [2.75, 3.05) is 26.2 Å². The third-order valence-electron chi connectivity index (χ3n) is 3.78. The number of furan rings is 1. The lowest BCUT2D eigenvalue weighted by atomic mass is 9.99. The Morgan fingerprint density at radius 3 is 2.67 bits per heavy atom. The summed E-state index contributed by atoms with van der Waals surface area (Å²) < 4.78 is 19.9. The Hall–Kier alpha value is -1.36. The number of hydrogen-bond acceptors (Lipinski definition) is 3. The smallest absolute Gasteiger partial charge is 0.128 e. The van der Waals surface area contributed by atoms with Crippen LogP contribution < -0.4 is 5.32 Å². The molecule has 2 heterocycles. The number of halogens is 2. The van der Waals surface area contributed by atoms with Crippen LogP contribution in [0.15, 0.2) is 41.0 Å². The summed E-state index contributed by atoms with van der Waals surface area (Å²) in [7, 11) is 0. The van der Waals surface area contributed by atoms with Crippen molar-refractivity contribution in [1.29, 1.82) is 0 Å². The van der Waals surface area contributed by atoms with Crippen LogP contribution >= 0.6 is 12.4 Å². The van der Waals surface area contributed by atoms with Gasteiger partial charge in [0.1, 0.15) is 11.6 Å². The van der Waals surface area contributed by atoms with Crippen LogP contribution in [0, 0.1) is 12.7 Å². The number of nitrogens with zero attached hydrogens (tertiary/aromatic N) is 1. The molecule has 2 aromatic rings. The molecule has 1 atom stereocenters. The van der Waals surface area contributed by atoms with Crippen molar-refractivity contribution in [3.63, 3.8) is 0 Å². The zero-order valence-electron chi connectivity index (χ0n) is 12.0. The summed E-state index contributed by atoms with van der Waals surface area (Å²) in [6.07, 6.45) is 1.65. The second kappa shape index (κ2) is 7.07. The summed E-state index contributed by atoms with van der Waals surface area (Å²) in [5.74, 6) is 0.631. The highest BCUT2D eigenvalue weighted by atomic mass is 35.5. The first kappa shape index (κ1) is 16.0. The van der Waals surface area contributed by atoms with E-state index in [0.717, 1.165) is 37.5 Å². The van der Waals surface area contributed by atoms with E-state index in [1.54, 1.807) is 18.4 Å². The van der Waals surface area contributed by atoms with E-state index < -0.39 is 0 Å². The van der Waals surface area contributed by atoms with Gasteiger partial charge in [0.15, 0.2) is 0 Å². The minimum Gasteiger partial charge on any atom is -0.467 e. The number of nitrogens with one attached hydrogen (secondary N) is 1. The van der Waals surface area contributed by atoms with E-state index in [1.807, 2.05) is 25.1 Å². The van der Waals surface area contributed by atoms with E-state index in [9.17, 15) is 4.39 Å². The molecule has 21 heavy (non-hydrogen) atoms. The summed E-state index contributed by atoms with van der Waals surface area (Å²) in [6.45, 7) is 5.60. The number of piperazine rings is 1. The van der Waals surface area contributed by atoms with Crippen LogP contribution in [-0.4, -0.2) is 31.1 Å². The average Bonchev–Trinajstić information content (AvgIpc) is 2.98. The molecule has 1 saturated heterocycles. The molecule has 0 unspecified atom stereocenters. The Morgan fingerprint density at radius 1 is 1.24 bits per heavy atom. The second-order valence-electron chi connectivity index (χ2n) is 5.23. The highest BCUT2D eigenvalue weighted by Crippen LogP contribution is 2.31. The Bertz CT molecular complexity index is 568. The van der Waals surface area contributed by atoms with Gasteiger partial charge < -0.3 is 9.73 Å². The summed E-state index contributed by atoms with van der Waals surface area (Å²) in [6, 6.07) is 8.91. The fraction of sp³-hybridized carbons (Fsp3) is 0.375. The molecule has 3 nitrogen and oxygen atoms in total. The molecule has 1 aromatic carbocycles. The molecule has 1 aromatic heterocycles. The maximum atomic E-state index is 14.3. The second-order valence-corrected chi connectivity index (χ2v) is 5.23. The molecule has 0 saturated carbocycles. The lowest BCUT2D eigenvalue weighted by Gasteiger charge is -2.34. The zero-order chi connectivity index (χ0) is 13.9. The van der Waals surface area contributed by atoms with Gasteiger partial charge in [-0.25, -0.2) is 4.39 Å². The monoisotopic (exact) mass is 310 g/mol. The lowest BCUT2D eigenvalue weighted by molar-refractivity contribution is 0.177. The molecule has 1 aliphatic rings. The highest BCUT2D eigenvalue weighted by molar-refractivity contribution is 5.85. The SMILES string of the molecule is Cc1ccc(F)c([C@H](c2ccco2)N2CCNCC2)c1.Cl. The Labute approximate surface area is 130 Å². The molecule has 1 fully saturated rings. The van der Waals surface area contributed by atoms with Gasteiger partial charge in [0.25, 0.3) is 0 Å². The first-order chi connectivity index (χ1) is 9.75. The maximum Gasteiger partial charge on any atom is 0.128 e. The third-order valence-corrected chi connectivity index (χ3v) is 3.78. The van der Waals surface area contributed by atoms with Crippen LogP contribution in [0.5, 0.6) is 0 Å². The van der Waals surface area contributed by atoms with Gasteiger partial charge in [-0.2, -0.15) is 0 Å². The van der Waals surface area contributed by atoms with Gasteiger partial charge in [0.05, 0.1) is 12.3 Å². The first-order valence-corrected chi connectivity index (χ1v) is 7.00. The minimum absolute atomic E-state index is 0. The molecular weight excluding hydrogens is 291 g/mol. The molecular formula is C16H20ClFN2O. The normalized spacial score (nSPS) is 17.2. The van der Waals surface area contributed by atoms with E-state index in [-0.39, 0.29) is 24.3 Å². The number of rotatable bonds is 3. The third kappa shape index (κ3) is 3.46. The molecule has 0 spiro atoms. The Morgan fingerprint density at radius 2 is 2.00 bits per heavy atom. The van der Waals surface area contributed by atoms with Gasteiger partial charge in [-0.15, -0.1) is 12.4 Å². The maximum absolute atomic E-state index is 14.3. The van der Waals surface area contributed by atoms with Crippen LogP contribution in [0.1, 0.15) is 22.9 Å². The van der Waals surface area contributed by atoms with Crippen LogP contribution in [0.25, 0.3) is 0 Å². The minimum atomic E-state index is -0.171. The summed E-state index contributed by atoms with van der Waals surface area (Å²) in [5, 5.41) is 3.33. The van der Waals surface area contributed by atoms with Crippen molar-refractivity contribution in [2.45, 2.75) is 13.0 Å². The summed E-state index contributed by atoms with van der Waals surface area (Å²) in [4.78, 5) is 2.27. The van der Waals surface area contributed by atoms with Crippen LogP contribution in [-0.2, 0) is 0 Å². The van der Waals surface area contributed by atoms with Crippen molar-refractivity contribution in [2.24, 2.45) is 0 Å². The van der Waals surface area contributed by atoms with Gasteiger partial charge >= 0.3 is 0 Å². The predicted octanol–water partition coefficient (Wildman–Crippen LogP) is 3.14. The molecule has 0 amide bonds. The predicted molar refractivity (Wildman–Crippen MR) is 83.4 cm³/mol. The molecule has 0 bridgehead atoms. The zero-order valence-corrected chi connectivity index (χ0v) is 12.8. The molecule has 1 aliphatic heterocycles. The number of aryl methyl sites for hydroxylation is 1.